The van der Waals surface area contributed by atoms with Crippen LogP contribution in [0.5, 0.6) is 0 Å². The van der Waals surface area contributed by atoms with Gasteiger partial charge in [0.15, 0.2) is 10.8 Å². The maximum absolute atomic E-state index is 11.9. The van der Waals surface area contributed by atoms with Gasteiger partial charge in [-0.15, -0.1) is 11.3 Å². The van der Waals surface area contributed by atoms with Crippen molar-refractivity contribution < 1.29 is 17.9 Å². The lowest BCUT2D eigenvalue weighted by molar-refractivity contribution is 0.0937. The van der Waals surface area contributed by atoms with Gasteiger partial charge in [-0.1, -0.05) is 0 Å². The van der Waals surface area contributed by atoms with Gasteiger partial charge in [-0.3, -0.25) is 9.10 Å². The Morgan fingerprint density at radius 3 is 2.95 bits per heavy atom. The molecule has 1 aliphatic rings. The fourth-order valence-corrected chi connectivity index (χ4v) is 3.96. The molecule has 0 atom stereocenters. The minimum atomic E-state index is -3.35. The Hall–Kier alpha value is -1.19. The van der Waals surface area contributed by atoms with E-state index in [1.807, 2.05) is 0 Å². The summed E-state index contributed by atoms with van der Waals surface area (Å²) in [7, 11) is -1.79. The molecule has 1 amide bonds. The van der Waals surface area contributed by atoms with Gasteiger partial charge in [-0.25, -0.2) is 13.4 Å². The van der Waals surface area contributed by atoms with Crippen molar-refractivity contribution in [1.82, 2.24) is 10.3 Å². The molecule has 1 aromatic rings. The number of aromatic nitrogens is 1. The number of carbonyl (C=O) groups excluding carboxylic acids is 1. The third-order valence-corrected chi connectivity index (χ3v) is 5.12. The highest BCUT2D eigenvalue weighted by Crippen LogP contribution is 2.33. The number of anilines is 1. The van der Waals surface area contributed by atoms with E-state index >= 15 is 0 Å². The van der Waals surface area contributed by atoms with Crippen LogP contribution < -0.4 is 9.62 Å². The third-order valence-electron chi connectivity index (χ3n) is 2.86. The van der Waals surface area contributed by atoms with Crippen LogP contribution in [-0.4, -0.2) is 52.4 Å². The summed E-state index contributed by atoms with van der Waals surface area (Å²) in [5.41, 5.74) is 0. The molecule has 1 N–H and O–H groups in total. The zero-order chi connectivity index (χ0) is 14.8. The third kappa shape index (κ3) is 3.28. The van der Waals surface area contributed by atoms with Gasteiger partial charge < -0.3 is 10.1 Å². The Morgan fingerprint density at radius 2 is 2.30 bits per heavy atom. The second-order valence-electron chi connectivity index (χ2n) is 4.45. The van der Waals surface area contributed by atoms with E-state index in [0.717, 1.165) is 24.0 Å². The molecule has 112 valence electrons. The molecule has 1 aliphatic heterocycles. The van der Waals surface area contributed by atoms with Crippen molar-refractivity contribution in [3.63, 3.8) is 0 Å². The molecule has 0 aromatic carbocycles. The van der Waals surface area contributed by atoms with Crippen molar-refractivity contribution in [3.05, 3.63) is 9.88 Å². The van der Waals surface area contributed by atoms with Crippen LogP contribution >= 0.6 is 11.3 Å². The van der Waals surface area contributed by atoms with Crippen molar-refractivity contribution in [3.8, 4) is 0 Å². The number of nitrogens with one attached hydrogen (secondary N) is 1. The van der Waals surface area contributed by atoms with E-state index in [1.54, 1.807) is 7.11 Å². The summed E-state index contributed by atoms with van der Waals surface area (Å²) in [5, 5.41) is 2.97. The van der Waals surface area contributed by atoms with Crippen molar-refractivity contribution in [2.75, 3.05) is 37.4 Å². The molecule has 0 saturated heterocycles. The number of ether oxygens (including phenoxy) is 1. The molecular weight excluding hydrogens is 302 g/mol. The normalized spacial score (nSPS) is 15.0. The molecule has 0 spiro atoms. The first-order valence-corrected chi connectivity index (χ1v) is 8.84. The fourth-order valence-electron chi connectivity index (χ4n) is 1.95. The molecule has 0 bridgehead atoms. The molecule has 9 heteroatoms. The van der Waals surface area contributed by atoms with Gasteiger partial charge in [0.2, 0.25) is 10.0 Å². The number of thiazole rings is 1. The van der Waals surface area contributed by atoms with E-state index in [-0.39, 0.29) is 5.91 Å². The number of nitrogens with zero attached hydrogens (tertiary/aromatic N) is 2. The Labute approximate surface area is 122 Å². The van der Waals surface area contributed by atoms with Crippen molar-refractivity contribution in [2.24, 2.45) is 0 Å². The number of amides is 1. The number of hydrogen-bond acceptors (Lipinski definition) is 6. The monoisotopic (exact) mass is 319 g/mol. The lowest BCUT2D eigenvalue weighted by Gasteiger charge is -2.24. The first-order chi connectivity index (χ1) is 9.43. The zero-order valence-corrected chi connectivity index (χ0v) is 13.0. The molecule has 0 saturated carbocycles. The predicted molar refractivity (Wildman–Crippen MR) is 76.8 cm³/mol. The Balaban J connectivity index is 2.19. The second kappa shape index (κ2) is 6.06. The van der Waals surface area contributed by atoms with Crippen LogP contribution in [0.3, 0.4) is 0 Å². The number of hydrogen-bond donors (Lipinski definition) is 1. The fraction of sp³-hybridized carbons (Fsp3) is 0.636. The highest BCUT2D eigenvalue weighted by Gasteiger charge is 2.29. The summed E-state index contributed by atoms with van der Waals surface area (Å²) in [6, 6.07) is 0. The number of methoxy groups -OCH3 is 1. The van der Waals surface area contributed by atoms with Gasteiger partial charge in [0, 0.05) is 20.2 Å². The maximum Gasteiger partial charge on any atom is 0.280 e. The van der Waals surface area contributed by atoms with Gasteiger partial charge in [-0.2, -0.15) is 0 Å². The number of carbonyl (C=O) groups is 1. The lowest BCUT2D eigenvalue weighted by Crippen LogP contribution is -2.34. The summed E-state index contributed by atoms with van der Waals surface area (Å²) >= 11 is 1.25. The number of aryl methyl sites for hydroxylation is 1. The van der Waals surface area contributed by atoms with Gasteiger partial charge in [0.05, 0.1) is 17.7 Å². The molecule has 2 rings (SSSR count). The zero-order valence-electron chi connectivity index (χ0n) is 11.4. The van der Waals surface area contributed by atoms with Crippen LogP contribution in [0.2, 0.25) is 0 Å². The van der Waals surface area contributed by atoms with E-state index in [0.29, 0.717) is 30.5 Å². The molecule has 2 heterocycles. The first kappa shape index (κ1) is 15.2. The van der Waals surface area contributed by atoms with Gasteiger partial charge in [0.1, 0.15) is 0 Å². The summed E-state index contributed by atoms with van der Waals surface area (Å²) in [6.07, 6.45) is 2.65. The highest BCUT2D eigenvalue weighted by atomic mass is 32.2. The molecular formula is C11H17N3O4S2. The highest BCUT2D eigenvalue weighted by molar-refractivity contribution is 7.92. The quantitative estimate of drug-likeness (QED) is 0.785. The second-order valence-corrected chi connectivity index (χ2v) is 7.44. The maximum atomic E-state index is 11.9. The standard InChI is InChI=1S/C11H17N3O4S2/c1-18-7-5-12-10(15)11-13-9-8(19-11)4-3-6-14(9)20(2,16)17/h3-7H2,1-2H3,(H,12,15). The number of fused-ring (bicyclic) bond motifs is 1. The summed E-state index contributed by atoms with van der Waals surface area (Å²) in [5.74, 6) is 0.107. The Morgan fingerprint density at radius 1 is 1.55 bits per heavy atom. The molecule has 7 nitrogen and oxygen atoms in total. The topological polar surface area (TPSA) is 88.6 Å². The van der Waals surface area contributed by atoms with E-state index in [4.69, 9.17) is 4.74 Å². The number of sulfonamides is 1. The van der Waals surface area contributed by atoms with Crippen LogP contribution in [0.25, 0.3) is 0 Å². The van der Waals surface area contributed by atoms with Crippen molar-refractivity contribution >= 4 is 33.1 Å². The van der Waals surface area contributed by atoms with Crippen LogP contribution in [0, 0.1) is 0 Å². The minimum absolute atomic E-state index is 0.293. The Kier molecular flexibility index (Phi) is 4.61. The van der Waals surface area contributed by atoms with Crippen LogP contribution in [0.4, 0.5) is 5.82 Å². The number of rotatable bonds is 5. The van der Waals surface area contributed by atoms with E-state index in [2.05, 4.69) is 10.3 Å². The minimum Gasteiger partial charge on any atom is -0.383 e. The largest absolute Gasteiger partial charge is 0.383 e. The van der Waals surface area contributed by atoms with Gasteiger partial charge >= 0.3 is 0 Å². The summed E-state index contributed by atoms with van der Waals surface area (Å²) in [4.78, 5) is 16.9. The van der Waals surface area contributed by atoms with Crippen LogP contribution in [0.1, 0.15) is 21.1 Å². The average molecular weight is 319 g/mol. The molecule has 0 fully saturated rings. The summed E-state index contributed by atoms with van der Waals surface area (Å²) < 4.78 is 29.5. The Bertz CT molecular complexity index is 597. The van der Waals surface area contributed by atoms with E-state index in [1.165, 1.54) is 15.6 Å². The molecule has 0 unspecified atom stereocenters. The van der Waals surface area contributed by atoms with Gasteiger partial charge in [0.25, 0.3) is 5.91 Å². The first-order valence-electron chi connectivity index (χ1n) is 6.18. The molecule has 1 aromatic heterocycles. The van der Waals surface area contributed by atoms with E-state index < -0.39 is 10.0 Å². The van der Waals surface area contributed by atoms with E-state index in [9.17, 15) is 13.2 Å². The van der Waals surface area contributed by atoms with Crippen LogP contribution in [0.15, 0.2) is 0 Å². The lowest BCUT2D eigenvalue weighted by atomic mass is 10.2. The smallest absolute Gasteiger partial charge is 0.280 e. The van der Waals surface area contributed by atoms with Crippen LogP contribution in [-0.2, 0) is 21.2 Å². The summed E-state index contributed by atoms with van der Waals surface area (Å²) in [6.45, 7) is 1.24. The van der Waals surface area contributed by atoms with Crippen molar-refractivity contribution in [2.45, 2.75) is 12.8 Å². The average Bonchev–Trinajstić information content (AvgIpc) is 2.81. The predicted octanol–water partition coefficient (Wildman–Crippen LogP) is 0.232. The molecule has 20 heavy (non-hydrogen) atoms. The van der Waals surface area contributed by atoms with Gasteiger partial charge in [-0.05, 0) is 12.8 Å². The molecule has 0 radical (unpaired) electrons. The SMILES string of the molecule is COCCNC(=O)c1nc2c(s1)CCCN2S(C)(=O)=O. The van der Waals surface area contributed by atoms with Crippen molar-refractivity contribution in [1.29, 1.82) is 0 Å². The molecule has 0 aliphatic carbocycles.